The third-order valence-corrected chi connectivity index (χ3v) is 15.1. The van der Waals surface area contributed by atoms with Crippen LogP contribution in [0.4, 0.5) is 0 Å². The molecule has 5 heteroatoms. The topological polar surface area (TPSA) is 27.7 Å². The molecule has 0 radical (unpaired) electrons. The highest BCUT2D eigenvalue weighted by Gasteiger charge is 2.43. The Morgan fingerprint density at radius 2 is 0.926 bits per heavy atom. The lowest BCUT2D eigenvalue weighted by Crippen LogP contribution is -2.48. The van der Waals surface area contributed by atoms with Crippen LogP contribution in [0.25, 0.3) is 0 Å². The smallest absolute Gasteiger partial charge is 0.374 e. The molecule has 0 saturated carbocycles. The van der Waals surface area contributed by atoms with E-state index >= 15 is 0 Å². The number of unbranched alkanes of at least 4 members (excludes halogenated alkanes) is 6. The van der Waals surface area contributed by atoms with E-state index in [-0.39, 0.29) is 0 Å². The second kappa shape index (κ2) is 17.2. The maximum absolute atomic E-state index is 6.15. The molecule has 0 aliphatic rings. The molecule has 0 aromatic heterocycles. The summed E-state index contributed by atoms with van der Waals surface area (Å²) >= 11 is 0. The fourth-order valence-corrected chi connectivity index (χ4v) is 13.3. The Kier molecular flexibility index (Phi) is 17.4. The van der Waals surface area contributed by atoms with E-state index in [1.807, 2.05) is 0 Å². The normalized spacial score (nSPS) is 12.7. The zero-order chi connectivity index (χ0) is 20.4. The summed E-state index contributed by atoms with van der Waals surface area (Å²) in [4.78, 5) is 0. The molecule has 0 bridgehead atoms. The zero-order valence-electron chi connectivity index (χ0n) is 19.5. The second-order valence-corrected chi connectivity index (χ2v) is 15.9. The van der Waals surface area contributed by atoms with E-state index in [4.69, 9.17) is 13.3 Å². The van der Waals surface area contributed by atoms with E-state index < -0.39 is 16.9 Å². The molecule has 164 valence electrons. The Labute approximate surface area is 173 Å². The van der Waals surface area contributed by atoms with Crippen molar-refractivity contribution in [2.24, 2.45) is 0 Å². The molecule has 0 aliphatic carbocycles. The summed E-state index contributed by atoms with van der Waals surface area (Å²) in [5.74, 6) is 0. The monoisotopic (exact) mass is 418 g/mol. The van der Waals surface area contributed by atoms with E-state index in [0.717, 1.165) is 6.04 Å². The van der Waals surface area contributed by atoms with Gasteiger partial charge >= 0.3 is 8.80 Å². The van der Waals surface area contributed by atoms with Gasteiger partial charge in [-0.05, 0) is 20.8 Å². The van der Waals surface area contributed by atoms with Crippen LogP contribution in [0, 0.1) is 0 Å². The zero-order valence-corrected chi connectivity index (χ0v) is 21.5. The maximum Gasteiger partial charge on any atom is 0.500 e. The molecule has 0 heterocycles. The highest BCUT2D eigenvalue weighted by atomic mass is 28.4. The molecule has 0 atom stereocenters. The first-order valence-corrected chi connectivity index (χ1v) is 16.7. The van der Waals surface area contributed by atoms with Crippen molar-refractivity contribution >= 4 is 16.9 Å². The average molecular weight is 419 g/mol. The third kappa shape index (κ3) is 11.8. The van der Waals surface area contributed by atoms with Gasteiger partial charge in [0, 0.05) is 25.9 Å². The van der Waals surface area contributed by atoms with Crippen molar-refractivity contribution < 1.29 is 13.3 Å². The third-order valence-electron chi connectivity index (χ3n) is 5.93. The first-order valence-electron chi connectivity index (χ1n) is 12.0. The number of hydrogen-bond acceptors (Lipinski definition) is 3. The van der Waals surface area contributed by atoms with Crippen molar-refractivity contribution in [1.82, 2.24) is 0 Å². The fraction of sp³-hybridized carbons (Fsp3) is 1.00. The number of rotatable bonds is 20. The van der Waals surface area contributed by atoms with Gasteiger partial charge in [0.25, 0.3) is 0 Å². The number of hydrogen-bond donors (Lipinski definition) is 0. The van der Waals surface area contributed by atoms with Gasteiger partial charge in [-0.25, -0.2) is 0 Å². The van der Waals surface area contributed by atoms with Gasteiger partial charge in [0.2, 0.25) is 0 Å². The summed E-state index contributed by atoms with van der Waals surface area (Å²) < 4.78 is 18.5. The van der Waals surface area contributed by atoms with Gasteiger partial charge in [-0.1, -0.05) is 96.3 Å². The summed E-state index contributed by atoms with van der Waals surface area (Å²) in [5, 5.41) is 0. The molecule has 0 aliphatic heterocycles. The van der Waals surface area contributed by atoms with Crippen molar-refractivity contribution in [2.75, 3.05) is 19.8 Å². The first kappa shape index (κ1) is 27.3. The molecule has 27 heavy (non-hydrogen) atoms. The largest absolute Gasteiger partial charge is 0.500 e. The lowest BCUT2D eigenvalue weighted by Gasteiger charge is -2.35. The van der Waals surface area contributed by atoms with Crippen LogP contribution >= 0.6 is 0 Å². The Morgan fingerprint density at radius 3 is 1.26 bits per heavy atom. The molecule has 0 aromatic carbocycles. The van der Waals surface area contributed by atoms with E-state index in [1.165, 1.54) is 75.5 Å². The summed E-state index contributed by atoms with van der Waals surface area (Å²) in [6.07, 6.45) is 11.1. The fourth-order valence-electron chi connectivity index (χ4n) is 4.18. The first-order chi connectivity index (χ1) is 13.1. The van der Waals surface area contributed by atoms with Crippen molar-refractivity contribution in [3.05, 3.63) is 0 Å². The van der Waals surface area contributed by atoms with E-state index in [9.17, 15) is 0 Å². The van der Waals surface area contributed by atoms with Gasteiger partial charge in [0.15, 0.2) is 0 Å². The summed E-state index contributed by atoms with van der Waals surface area (Å²) in [5.41, 5.74) is 0. The lowest BCUT2D eigenvalue weighted by atomic mass is 10.2. The van der Waals surface area contributed by atoms with E-state index in [2.05, 4.69) is 41.5 Å². The average Bonchev–Trinajstić information content (AvgIpc) is 2.67. The van der Waals surface area contributed by atoms with Crippen LogP contribution < -0.4 is 0 Å². The molecule has 3 nitrogen and oxygen atoms in total. The van der Waals surface area contributed by atoms with Crippen molar-refractivity contribution in [3.63, 3.8) is 0 Å². The van der Waals surface area contributed by atoms with Crippen LogP contribution in [0.15, 0.2) is 0 Å². The molecule has 0 amide bonds. The molecule has 0 unspecified atom stereocenters. The quantitative estimate of drug-likeness (QED) is 0.150. The van der Waals surface area contributed by atoms with Gasteiger partial charge in [-0.2, -0.15) is 0 Å². The molecule has 0 rings (SSSR count). The Hall–Kier alpha value is 0.314. The van der Waals surface area contributed by atoms with Crippen LogP contribution in [0.5, 0.6) is 0 Å². The highest BCUT2D eigenvalue weighted by Crippen LogP contribution is 2.35. The molecule has 0 N–H and O–H groups in total. The Balaban J connectivity index is 5.06. The summed E-state index contributed by atoms with van der Waals surface area (Å²) in [6.45, 7) is 15.4. The van der Waals surface area contributed by atoms with Crippen LogP contribution in [0.3, 0.4) is 0 Å². The molecular formula is C22H50O3Si2. The van der Waals surface area contributed by atoms with Crippen LogP contribution in [-0.4, -0.2) is 36.7 Å². The van der Waals surface area contributed by atoms with Gasteiger partial charge < -0.3 is 13.3 Å². The minimum Gasteiger partial charge on any atom is -0.374 e. The Morgan fingerprint density at radius 1 is 0.481 bits per heavy atom. The van der Waals surface area contributed by atoms with E-state index in [0.29, 0.717) is 19.8 Å². The van der Waals surface area contributed by atoms with Crippen LogP contribution in [0.2, 0.25) is 30.2 Å². The predicted molar refractivity (Wildman–Crippen MR) is 124 cm³/mol. The van der Waals surface area contributed by atoms with Crippen LogP contribution in [-0.2, 0) is 13.3 Å². The van der Waals surface area contributed by atoms with Crippen molar-refractivity contribution in [1.29, 1.82) is 0 Å². The minimum atomic E-state index is -2.50. The summed E-state index contributed by atoms with van der Waals surface area (Å²) in [6, 6.07) is 6.74. The van der Waals surface area contributed by atoms with Gasteiger partial charge in [0.05, 0.1) is 8.07 Å². The summed E-state index contributed by atoms with van der Waals surface area (Å²) in [7, 11) is -3.77. The lowest BCUT2D eigenvalue weighted by molar-refractivity contribution is 0.0724. The minimum absolute atomic E-state index is 0.694. The Bertz CT molecular complexity index is 298. The van der Waals surface area contributed by atoms with Crippen molar-refractivity contribution in [2.45, 2.75) is 123 Å². The molecule has 0 saturated heterocycles. The van der Waals surface area contributed by atoms with E-state index in [1.54, 1.807) is 0 Å². The van der Waals surface area contributed by atoms with Gasteiger partial charge in [0.1, 0.15) is 0 Å². The van der Waals surface area contributed by atoms with Crippen molar-refractivity contribution in [3.8, 4) is 0 Å². The molecule has 0 fully saturated rings. The second-order valence-electron chi connectivity index (χ2n) is 7.96. The molecular weight excluding hydrogens is 368 g/mol. The standard InChI is InChI=1S/C22H50O3Si2/c1-7-13-15-17-19-26(12-6,20-18-16-14-8-2)21-22-27(23-9-3,24-10-4)25-11-5/h7-22H2,1-6H3. The molecule has 0 aromatic rings. The predicted octanol–water partition coefficient (Wildman–Crippen LogP) is 7.66. The highest BCUT2D eigenvalue weighted by molar-refractivity contribution is 6.81. The maximum atomic E-state index is 6.15. The van der Waals surface area contributed by atoms with Gasteiger partial charge in [-0.3, -0.25) is 0 Å². The van der Waals surface area contributed by atoms with Gasteiger partial charge in [-0.15, -0.1) is 0 Å². The SMILES string of the molecule is CCCCCC[Si](CC)(CCCCCC)CC[Si](OCC)(OCC)OCC. The van der Waals surface area contributed by atoms with Crippen LogP contribution in [0.1, 0.15) is 92.9 Å². The molecule has 0 spiro atoms.